The van der Waals surface area contributed by atoms with Gasteiger partial charge >= 0.3 is 0 Å². The highest BCUT2D eigenvalue weighted by Gasteiger charge is 2.34. The third-order valence-electron chi connectivity index (χ3n) is 10.8. The van der Waals surface area contributed by atoms with Crippen LogP contribution in [0.5, 0.6) is 0 Å². The van der Waals surface area contributed by atoms with E-state index in [1.54, 1.807) is 5.01 Å². The molecule has 6 aromatic carbocycles. The van der Waals surface area contributed by atoms with Crippen molar-refractivity contribution in [3.05, 3.63) is 196 Å². The summed E-state index contributed by atoms with van der Waals surface area (Å²) in [6.07, 6.45) is -0.984. The van der Waals surface area contributed by atoms with E-state index in [9.17, 15) is 9.90 Å². The predicted molar refractivity (Wildman–Crippen MR) is 221 cm³/mol. The Morgan fingerprint density at radius 1 is 0.673 bits per heavy atom. The van der Waals surface area contributed by atoms with Gasteiger partial charge in [0, 0.05) is 57.5 Å². The van der Waals surface area contributed by atoms with E-state index in [1.165, 1.54) is 4.68 Å². The first-order valence-corrected chi connectivity index (χ1v) is 18.4. The van der Waals surface area contributed by atoms with Crippen LogP contribution in [0.25, 0.3) is 49.7 Å². The van der Waals surface area contributed by atoms with E-state index in [0.29, 0.717) is 17.7 Å². The average molecular weight is 717 g/mol. The lowest BCUT2D eigenvalue weighted by Gasteiger charge is -2.31. The van der Waals surface area contributed by atoms with Crippen LogP contribution in [-0.2, 0) is 13.6 Å². The molecule has 0 fully saturated rings. The zero-order valence-electron chi connectivity index (χ0n) is 30.3. The van der Waals surface area contributed by atoms with Gasteiger partial charge in [-0.25, -0.2) is 5.01 Å². The number of aryl methyl sites for hydroxylation is 2. The summed E-state index contributed by atoms with van der Waals surface area (Å²) in [5.74, 6) is 0. The van der Waals surface area contributed by atoms with Crippen LogP contribution in [0.4, 0.5) is 5.69 Å². The molecule has 9 aromatic rings. The maximum absolute atomic E-state index is 14.8. The number of fused-ring (bicyclic) bond motifs is 6. The molecule has 0 spiro atoms. The highest BCUT2D eigenvalue weighted by molar-refractivity contribution is 6.21. The second-order valence-electron chi connectivity index (χ2n) is 14.1. The number of hydrazone groups is 1. The fourth-order valence-corrected chi connectivity index (χ4v) is 8.16. The Balaban J connectivity index is 1.18. The molecule has 0 aliphatic carbocycles. The maximum atomic E-state index is 14.8. The largest absolute Gasteiger partial charge is 0.367 e. The van der Waals surface area contributed by atoms with Gasteiger partial charge in [0.25, 0.3) is 5.56 Å². The number of aromatic nitrogens is 4. The Kier molecular flexibility index (Phi) is 7.60. The van der Waals surface area contributed by atoms with Crippen LogP contribution in [0.1, 0.15) is 34.2 Å². The monoisotopic (exact) mass is 716 g/mol. The standard InChI is InChI=1S/C47H36N6O2/c1-30-24-26-35(27-25-30)53-47(55)45-41(42(48-53)32-15-5-3-6-16-32)37-21-10-12-23-39(37)51(45)29-31-14-13-17-33(28-31)43-40-36-20-9-11-22-38(36)50(2)44(40)46(54)52(49-43)34-18-7-4-8-19-34/h3-28,46,54H,29H2,1-2H3. The first kappa shape index (κ1) is 32.6. The molecule has 266 valence electrons. The molecule has 1 aliphatic heterocycles. The van der Waals surface area contributed by atoms with Crippen LogP contribution in [-0.4, -0.2) is 29.7 Å². The van der Waals surface area contributed by atoms with Crippen molar-refractivity contribution in [1.82, 2.24) is 18.9 Å². The molecule has 4 heterocycles. The van der Waals surface area contributed by atoms with E-state index in [4.69, 9.17) is 10.2 Å². The molecular weight excluding hydrogens is 681 g/mol. The molecule has 0 amide bonds. The van der Waals surface area contributed by atoms with Crippen LogP contribution < -0.4 is 10.6 Å². The SMILES string of the molecule is Cc1ccc(-n2nc(-c3ccccc3)c3c4ccccc4n(Cc4cccc(C5=NN(c6ccccc6)C(O)c6c5c5ccccc5n6C)c4)c3c2=O)cc1. The summed E-state index contributed by atoms with van der Waals surface area (Å²) in [5, 5.41) is 26.6. The molecule has 0 radical (unpaired) electrons. The van der Waals surface area contributed by atoms with Crippen molar-refractivity contribution in [3.63, 3.8) is 0 Å². The van der Waals surface area contributed by atoms with Crippen LogP contribution in [0.15, 0.2) is 168 Å². The minimum Gasteiger partial charge on any atom is -0.367 e. The lowest BCUT2D eigenvalue weighted by atomic mass is 9.96. The zero-order chi connectivity index (χ0) is 37.2. The summed E-state index contributed by atoms with van der Waals surface area (Å²) in [7, 11) is 2.00. The molecular formula is C47H36N6O2. The minimum absolute atomic E-state index is 0.185. The Morgan fingerprint density at radius 3 is 2.09 bits per heavy atom. The van der Waals surface area contributed by atoms with Gasteiger partial charge in [-0.1, -0.05) is 121 Å². The predicted octanol–water partition coefficient (Wildman–Crippen LogP) is 9.12. The quantitative estimate of drug-likeness (QED) is 0.186. The molecule has 10 rings (SSSR count). The fraction of sp³-hybridized carbons (Fsp3) is 0.0851. The van der Waals surface area contributed by atoms with Crippen molar-refractivity contribution in [1.29, 1.82) is 0 Å². The Hall–Kier alpha value is -7.03. The molecule has 3 aromatic heterocycles. The normalized spacial score (nSPS) is 14.1. The summed E-state index contributed by atoms with van der Waals surface area (Å²) in [4.78, 5) is 14.8. The summed E-state index contributed by atoms with van der Waals surface area (Å²) in [5.41, 5.74) is 11.0. The maximum Gasteiger partial charge on any atom is 0.296 e. The molecule has 0 saturated carbocycles. The highest BCUT2D eigenvalue weighted by atomic mass is 16.3. The number of rotatable bonds is 6. The Bertz CT molecular complexity index is 3010. The van der Waals surface area contributed by atoms with Crippen LogP contribution in [0.3, 0.4) is 0 Å². The van der Waals surface area contributed by atoms with Gasteiger partial charge in [0.05, 0.1) is 17.1 Å². The van der Waals surface area contributed by atoms with Gasteiger partial charge in [0.1, 0.15) is 16.9 Å². The van der Waals surface area contributed by atoms with E-state index in [1.807, 2.05) is 129 Å². The number of hydrogen-bond donors (Lipinski definition) is 1. The number of nitrogens with zero attached hydrogens (tertiary/aromatic N) is 6. The van der Waals surface area contributed by atoms with E-state index in [2.05, 4.69) is 51.6 Å². The molecule has 8 nitrogen and oxygen atoms in total. The van der Waals surface area contributed by atoms with Gasteiger partial charge < -0.3 is 14.2 Å². The van der Waals surface area contributed by atoms with Crippen molar-refractivity contribution in [2.75, 3.05) is 5.01 Å². The summed E-state index contributed by atoms with van der Waals surface area (Å²) < 4.78 is 5.74. The highest BCUT2D eigenvalue weighted by Crippen LogP contribution is 2.40. The van der Waals surface area contributed by atoms with Crippen molar-refractivity contribution in [2.24, 2.45) is 12.1 Å². The van der Waals surface area contributed by atoms with Gasteiger partial charge in [-0.3, -0.25) is 4.79 Å². The van der Waals surface area contributed by atoms with Gasteiger partial charge in [-0.05, 0) is 55.0 Å². The lowest BCUT2D eigenvalue weighted by Crippen LogP contribution is -2.32. The molecule has 1 unspecified atom stereocenters. The average Bonchev–Trinajstić information content (AvgIpc) is 3.72. The van der Waals surface area contributed by atoms with Gasteiger partial charge in [-0.15, -0.1) is 0 Å². The summed E-state index contributed by atoms with van der Waals surface area (Å²) >= 11 is 0. The number of hydrogen-bond acceptors (Lipinski definition) is 5. The Labute approximate surface area is 317 Å². The van der Waals surface area contributed by atoms with E-state index in [0.717, 1.165) is 77.8 Å². The molecule has 55 heavy (non-hydrogen) atoms. The topological polar surface area (TPSA) is 80.6 Å². The summed E-state index contributed by atoms with van der Waals surface area (Å²) in [6, 6.07) is 52.5. The molecule has 0 saturated heterocycles. The third kappa shape index (κ3) is 5.21. The van der Waals surface area contributed by atoms with E-state index >= 15 is 0 Å². The van der Waals surface area contributed by atoms with Gasteiger partial charge in [-0.2, -0.15) is 14.9 Å². The first-order chi connectivity index (χ1) is 27.0. The number of para-hydroxylation sites is 3. The first-order valence-electron chi connectivity index (χ1n) is 18.4. The minimum atomic E-state index is -0.984. The van der Waals surface area contributed by atoms with Crippen molar-refractivity contribution < 1.29 is 5.11 Å². The summed E-state index contributed by atoms with van der Waals surface area (Å²) in [6.45, 7) is 2.46. The number of aliphatic hydroxyl groups excluding tert-OH is 1. The van der Waals surface area contributed by atoms with Crippen molar-refractivity contribution in [3.8, 4) is 16.9 Å². The molecule has 1 aliphatic rings. The van der Waals surface area contributed by atoms with Gasteiger partial charge in [0.2, 0.25) is 0 Å². The smallest absolute Gasteiger partial charge is 0.296 e. The van der Waals surface area contributed by atoms with Crippen LogP contribution in [0.2, 0.25) is 0 Å². The number of anilines is 1. The van der Waals surface area contributed by atoms with Crippen molar-refractivity contribution in [2.45, 2.75) is 19.7 Å². The van der Waals surface area contributed by atoms with Crippen molar-refractivity contribution >= 4 is 44.1 Å². The lowest BCUT2D eigenvalue weighted by molar-refractivity contribution is 0.163. The molecule has 1 atom stereocenters. The third-order valence-corrected chi connectivity index (χ3v) is 10.8. The second kappa shape index (κ2) is 12.8. The van der Waals surface area contributed by atoms with Crippen LogP contribution in [0, 0.1) is 6.92 Å². The number of aliphatic hydroxyl groups is 1. The molecule has 1 N–H and O–H groups in total. The zero-order valence-corrected chi connectivity index (χ0v) is 30.3. The second-order valence-corrected chi connectivity index (χ2v) is 14.1. The van der Waals surface area contributed by atoms with Gasteiger partial charge in [0.15, 0.2) is 6.23 Å². The van der Waals surface area contributed by atoms with E-state index < -0.39 is 6.23 Å². The number of benzene rings is 6. The van der Waals surface area contributed by atoms with Crippen LogP contribution >= 0.6 is 0 Å². The Morgan fingerprint density at radius 2 is 1.33 bits per heavy atom. The van der Waals surface area contributed by atoms with E-state index in [-0.39, 0.29) is 5.56 Å². The molecule has 0 bridgehead atoms. The molecule has 8 heteroatoms. The fourth-order valence-electron chi connectivity index (χ4n) is 8.16.